The molecule has 3 rings (SSSR count). The fraction of sp³-hybridized carbons (Fsp3) is 0.588. The van der Waals surface area contributed by atoms with Crippen LogP contribution in [0, 0.1) is 11.8 Å². The Bertz CT molecular complexity index is 606. The number of rotatable bonds is 2. The number of para-hydroxylation sites is 1. The van der Waals surface area contributed by atoms with E-state index in [2.05, 4.69) is 31.1 Å². The van der Waals surface area contributed by atoms with Crippen molar-refractivity contribution >= 4 is 10.9 Å². The third kappa shape index (κ3) is 2.47. The molecule has 2 unspecified atom stereocenters. The SMILES string of the molecule is CC1CC(C)CC(O)(Cc2nn(C)c3ccccc23)C1. The first-order chi connectivity index (χ1) is 9.47. The van der Waals surface area contributed by atoms with Crippen LogP contribution in [-0.4, -0.2) is 20.5 Å². The number of fused-ring (bicyclic) bond motifs is 1. The van der Waals surface area contributed by atoms with Crippen LogP contribution in [0.1, 0.15) is 38.8 Å². The summed E-state index contributed by atoms with van der Waals surface area (Å²) >= 11 is 0. The van der Waals surface area contributed by atoms with Crippen LogP contribution in [0.4, 0.5) is 0 Å². The van der Waals surface area contributed by atoms with Gasteiger partial charge in [0.05, 0.1) is 16.8 Å². The molecule has 1 aromatic carbocycles. The highest BCUT2D eigenvalue weighted by atomic mass is 16.3. The van der Waals surface area contributed by atoms with Crippen LogP contribution >= 0.6 is 0 Å². The number of aromatic nitrogens is 2. The van der Waals surface area contributed by atoms with Crippen LogP contribution in [0.15, 0.2) is 24.3 Å². The van der Waals surface area contributed by atoms with Crippen molar-refractivity contribution in [3.63, 3.8) is 0 Å². The second-order valence-corrected chi connectivity index (χ2v) is 6.84. The second kappa shape index (κ2) is 4.88. The molecular weight excluding hydrogens is 248 g/mol. The topological polar surface area (TPSA) is 38.1 Å². The molecule has 0 aliphatic heterocycles. The van der Waals surface area contributed by atoms with Crippen LogP contribution in [0.2, 0.25) is 0 Å². The van der Waals surface area contributed by atoms with E-state index in [0.29, 0.717) is 18.3 Å². The molecule has 1 saturated carbocycles. The first-order valence-electron chi connectivity index (χ1n) is 7.60. The Balaban J connectivity index is 1.92. The molecule has 0 bridgehead atoms. The van der Waals surface area contributed by atoms with Crippen molar-refractivity contribution in [3.8, 4) is 0 Å². The van der Waals surface area contributed by atoms with Gasteiger partial charge in [-0.3, -0.25) is 4.68 Å². The Morgan fingerprint density at radius 3 is 2.60 bits per heavy atom. The maximum Gasteiger partial charge on any atom is 0.0731 e. The Kier molecular flexibility index (Phi) is 3.33. The summed E-state index contributed by atoms with van der Waals surface area (Å²) in [4.78, 5) is 0. The average Bonchev–Trinajstić information content (AvgIpc) is 2.64. The lowest BCUT2D eigenvalue weighted by Gasteiger charge is -2.38. The monoisotopic (exact) mass is 272 g/mol. The molecule has 1 fully saturated rings. The van der Waals surface area contributed by atoms with E-state index in [9.17, 15) is 5.11 Å². The highest BCUT2D eigenvalue weighted by molar-refractivity contribution is 5.81. The van der Waals surface area contributed by atoms with Gasteiger partial charge in [0.15, 0.2) is 0 Å². The normalized spacial score (nSPS) is 30.8. The molecule has 1 aliphatic rings. The minimum Gasteiger partial charge on any atom is -0.389 e. The van der Waals surface area contributed by atoms with Crippen LogP contribution < -0.4 is 0 Å². The number of aryl methyl sites for hydroxylation is 1. The van der Waals surface area contributed by atoms with Crippen molar-refractivity contribution in [2.75, 3.05) is 0 Å². The molecule has 3 heteroatoms. The molecule has 3 nitrogen and oxygen atoms in total. The lowest BCUT2D eigenvalue weighted by atomic mass is 9.72. The fourth-order valence-electron chi connectivity index (χ4n) is 4.11. The van der Waals surface area contributed by atoms with Gasteiger partial charge in [0, 0.05) is 18.9 Å². The zero-order valence-electron chi connectivity index (χ0n) is 12.6. The van der Waals surface area contributed by atoms with E-state index in [0.717, 1.165) is 24.1 Å². The first-order valence-corrected chi connectivity index (χ1v) is 7.60. The predicted molar refractivity (Wildman–Crippen MR) is 81.5 cm³/mol. The predicted octanol–water partition coefficient (Wildman–Crippen LogP) is 3.30. The highest BCUT2D eigenvalue weighted by Crippen LogP contribution is 2.38. The van der Waals surface area contributed by atoms with Gasteiger partial charge >= 0.3 is 0 Å². The molecule has 1 aliphatic carbocycles. The van der Waals surface area contributed by atoms with Crippen LogP contribution in [-0.2, 0) is 13.5 Å². The molecular formula is C17H24N2O. The Hall–Kier alpha value is -1.35. The van der Waals surface area contributed by atoms with E-state index in [-0.39, 0.29) is 0 Å². The van der Waals surface area contributed by atoms with Crippen molar-refractivity contribution < 1.29 is 5.11 Å². The van der Waals surface area contributed by atoms with Crippen LogP contribution in [0.5, 0.6) is 0 Å². The van der Waals surface area contributed by atoms with Crippen molar-refractivity contribution in [1.29, 1.82) is 0 Å². The molecule has 2 atom stereocenters. The zero-order chi connectivity index (χ0) is 14.3. The van der Waals surface area contributed by atoms with Gasteiger partial charge in [0.25, 0.3) is 0 Å². The summed E-state index contributed by atoms with van der Waals surface area (Å²) in [7, 11) is 1.97. The maximum absolute atomic E-state index is 11.0. The summed E-state index contributed by atoms with van der Waals surface area (Å²) in [6.45, 7) is 4.49. The Morgan fingerprint density at radius 1 is 1.25 bits per heavy atom. The molecule has 20 heavy (non-hydrogen) atoms. The van der Waals surface area contributed by atoms with E-state index in [1.807, 2.05) is 23.9 Å². The molecule has 1 aromatic heterocycles. The van der Waals surface area contributed by atoms with Crippen molar-refractivity contribution in [2.45, 2.75) is 45.1 Å². The molecule has 108 valence electrons. The minimum atomic E-state index is -0.589. The molecule has 2 aromatic rings. The second-order valence-electron chi connectivity index (χ2n) is 6.84. The summed E-state index contributed by atoms with van der Waals surface area (Å²) in [5.74, 6) is 1.19. The molecule has 0 spiro atoms. The maximum atomic E-state index is 11.0. The lowest BCUT2D eigenvalue weighted by Crippen LogP contribution is -2.40. The fourth-order valence-corrected chi connectivity index (χ4v) is 4.11. The number of benzene rings is 1. The smallest absolute Gasteiger partial charge is 0.0731 e. The Labute approximate surface area is 120 Å². The lowest BCUT2D eigenvalue weighted by molar-refractivity contribution is -0.0310. The van der Waals surface area contributed by atoms with Gasteiger partial charge in [-0.05, 0) is 37.2 Å². The highest BCUT2D eigenvalue weighted by Gasteiger charge is 2.37. The molecule has 0 saturated heterocycles. The van der Waals surface area contributed by atoms with Gasteiger partial charge in [0.1, 0.15) is 0 Å². The van der Waals surface area contributed by atoms with Crippen LogP contribution in [0.25, 0.3) is 10.9 Å². The van der Waals surface area contributed by atoms with E-state index >= 15 is 0 Å². The number of aliphatic hydroxyl groups is 1. The number of nitrogens with zero attached hydrogens (tertiary/aromatic N) is 2. The largest absolute Gasteiger partial charge is 0.389 e. The van der Waals surface area contributed by atoms with Gasteiger partial charge in [-0.2, -0.15) is 5.10 Å². The first kappa shape index (κ1) is 13.6. The van der Waals surface area contributed by atoms with E-state index in [4.69, 9.17) is 0 Å². The number of hydrogen-bond donors (Lipinski definition) is 1. The van der Waals surface area contributed by atoms with Gasteiger partial charge in [-0.15, -0.1) is 0 Å². The molecule has 0 amide bonds. The minimum absolute atomic E-state index is 0.589. The van der Waals surface area contributed by atoms with E-state index < -0.39 is 5.60 Å². The summed E-state index contributed by atoms with van der Waals surface area (Å²) in [6, 6.07) is 8.27. The molecule has 0 radical (unpaired) electrons. The number of hydrogen-bond acceptors (Lipinski definition) is 2. The van der Waals surface area contributed by atoms with Gasteiger partial charge in [0.2, 0.25) is 0 Å². The summed E-state index contributed by atoms with van der Waals surface area (Å²) in [5.41, 5.74) is 1.59. The van der Waals surface area contributed by atoms with Crippen LogP contribution in [0.3, 0.4) is 0 Å². The molecule has 1 N–H and O–H groups in total. The van der Waals surface area contributed by atoms with Crippen molar-refractivity contribution in [1.82, 2.24) is 9.78 Å². The zero-order valence-corrected chi connectivity index (χ0v) is 12.6. The standard InChI is InChI=1S/C17H24N2O/c1-12-8-13(2)10-17(20,9-12)11-15-14-6-4-5-7-16(14)19(3)18-15/h4-7,12-13,20H,8-11H2,1-3H3. The van der Waals surface area contributed by atoms with Crippen molar-refractivity contribution in [3.05, 3.63) is 30.0 Å². The third-order valence-electron chi connectivity index (χ3n) is 4.59. The van der Waals surface area contributed by atoms with E-state index in [1.165, 1.54) is 11.8 Å². The molecule has 1 heterocycles. The van der Waals surface area contributed by atoms with E-state index in [1.54, 1.807) is 0 Å². The Morgan fingerprint density at radius 2 is 1.90 bits per heavy atom. The van der Waals surface area contributed by atoms with Gasteiger partial charge in [-0.1, -0.05) is 32.0 Å². The van der Waals surface area contributed by atoms with Gasteiger partial charge < -0.3 is 5.11 Å². The van der Waals surface area contributed by atoms with Gasteiger partial charge in [-0.25, -0.2) is 0 Å². The summed E-state index contributed by atoms with van der Waals surface area (Å²) < 4.78 is 1.92. The summed E-state index contributed by atoms with van der Waals surface area (Å²) in [5, 5.41) is 16.8. The van der Waals surface area contributed by atoms with Crippen molar-refractivity contribution in [2.24, 2.45) is 18.9 Å². The third-order valence-corrected chi connectivity index (χ3v) is 4.59. The quantitative estimate of drug-likeness (QED) is 0.911. The average molecular weight is 272 g/mol. The summed E-state index contributed by atoms with van der Waals surface area (Å²) in [6.07, 6.45) is 3.68.